The van der Waals surface area contributed by atoms with Gasteiger partial charge >= 0.3 is 0 Å². The van der Waals surface area contributed by atoms with Crippen LogP contribution in [0.3, 0.4) is 0 Å². The van der Waals surface area contributed by atoms with Crippen LogP contribution in [0.1, 0.15) is 16.7 Å². The molecule has 4 rings (SSSR count). The summed E-state index contributed by atoms with van der Waals surface area (Å²) in [6.45, 7) is 1.79. The number of aryl methyl sites for hydroxylation is 1. The van der Waals surface area contributed by atoms with E-state index >= 15 is 0 Å². The number of rotatable bonds is 8. The minimum Gasteiger partial charge on any atom is -0.493 e. The molecule has 3 aromatic carbocycles. The number of nitrogens with one attached hydrogen (secondary N) is 1. The molecule has 0 saturated carbocycles. The lowest BCUT2D eigenvalue weighted by Gasteiger charge is -2.14. The Morgan fingerprint density at radius 3 is 2.57 bits per heavy atom. The van der Waals surface area contributed by atoms with Gasteiger partial charge in [0.1, 0.15) is 13.2 Å². The maximum Gasteiger partial charge on any atom is 0.294 e. The molecule has 1 fully saturated rings. The number of carbonyl (C=O) groups excluding carboxylic acids is 3. The number of imide groups is 1. The Bertz CT molecular complexity index is 1390. The highest BCUT2D eigenvalue weighted by Gasteiger charge is 2.36. The Labute approximate surface area is 231 Å². The van der Waals surface area contributed by atoms with E-state index in [2.05, 4.69) is 21.2 Å². The fraction of sp³-hybridized carbons (Fsp3) is 0.148. The number of halogens is 2. The third-order valence-electron chi connectivity index (χ3n) is 5.44. The highest BCUT2D eigenvalue weighted by molar-refractivity contribution is 9.10. The zero-order valence-corrected chi connectivity index (χ0v) is 23.1. The molecule has 1 heterocycles. The third kappa shape index (κ3) is 6.54. The van der Waals surface area contributed by atoms with Gasteiger partial charge in [-0.2, -0.15) is 0 Å². The molecule has 1 aliphatic heterocycles. The summed E-state index contributed by atoms with van der Waals surface area (Å²) in [5, 5.41) is 2.87. The van der Waals surface area contributed by atoms with Crippen molar-refractivity contribution in [2.45, 2.75) is 13.5 Å². The lowest BCUT2D eigenvalue weighted by Crippen LogP contribution is -2.36. The van der Waals surface area contributed by atoms with E-state index in [0.717, 1.165) is 27.8 Å². The summed E-state index contributed by atoms with van der Waals surface area (Å²) < 4.78 is 12.1. The van der Waals surface area contributed by atoms with Gasteiger partial charge in [0.25, 0.3) is 11.1 Å². The number of thioether (sulfide) groups is 1. The topological polar surface area (TPSA) is 84.9 Å². The largest absolute Gasteiger partial charge is 0.493 e. The number of methoxy groups -OCH3 is 1. The molecule has 0 aliphatic carbocycles. The van der Waals surface area contributed by atoms with E-state index in [4.69, 9.17) is 21.1 Å². The molecule has 1 saturated heterocycles. The van der Waals surface area contributed by atoms with Crippen LogP contribution in [0.2, 0.25) is 5.02 Å². The van der Waals surface area contributed by atoms with Crippen molar-refractivity contribution in [2.24, 2.45) is 0 Å². The molecule has 10 heteroatoms. The van der Waals surface area contributed by atoms with Gasteiger partial charge in [0.05, 0.1) is 16.5 Å². The monoisotopic (exact) mass is 600 g/mol. The maximum atomic E-state index is 12.9. The number of nitrogens with zero attached hydrogens (tertiary/aromatic N) is 1. The van der Waals surface area contributed by atoms with Gasteiger partial charge in [0.15, 0.2) is 11.5 Å². The molecule has 0 spiro atoms. The molecule has 0 atom stereocenters. The summed E-state index contributed by atoms with van der Waals surface area (Å²) in [5.74, 6) is -0.0421. The Hall–Kier alpha value is -3.27. The Balaban J connectivity index is 1.47. The van der Waals surface area contributed by atoms with Crippen molar-refractivity contribution in [2.75, 3.05) is 19.0 Å². The minimum atomic E-state index is -0.534. The molecule has 3 aromatic rings. The highest BCUT2D eigenvalue weighted by atomic mass is 79.9. The first-order valence-corrected chi connectivity index (χ1v) is 13.1. The summed E-state index contributed by atoms with van der Waals surface area (Å²) in [4.78, 5) is 39.1. The predicted octanol–water partition coefficient (Wildman–Crippen LogP) is 6.67. The van der Waals surface area contributed by atoms with Gasteiger partial charge in [-0.15, -0.1) is 0 Å². The Morgan fingerprint density at radius 1 is 1.14 bits per heavy atom. The van der Waals surface area contributed by atoms with E-state index in [9.17, 15) is 14.4 Å². The van der Waals surface area contributed by atoms with Crippen LogP contribution in [0.15, 0.2) is 70.0 Å². The normalized spacial score (nSPS) is 14.3. The zero-order valence-electron chi connectivity index (χ0n) is 19.9. The van der Waals surface area contributed by atoms with Crippen molar-refractivity contribution in [3.8, 4) is 11.5 Å². The number of para-hydroxylation sites is 1. The van der Waals surface area contributed by atoms with E-state index in [0.29, 0.717) is 38.9 Å². The fourth-order valence-corrected chi connectivity index (χ4v) is 5.07. The molecule has 37 heavy (non-hydrogen) atoms. The number of amides is 3. The van der Waals surface area contributed by atoms with Gasteiger partial charge in [-0.25, -0.2) is 0 Å². The average molecular weight is 602 g/mol. The number of anilines is 1. The Morgan fingerprint density at radius 2 is 1.86 bits per heavy atom. The van der Waals surface area contributed by atoms with Crippen molar-refractivity contribution in [1.82, 2.24) is 4.90 Å². The van der Waals surface area contributed by atoms with Gasteiger partial charge < -0.3 is 14.8 Å². The number of benzene rings is 3. The van der Waals surface area contributed by atoms with Crippen molar-refractivity contribution < 1.29 is 23.9 Å². The van der Waals surface area contributed by atoms with Crippen LogP contribution in [0.25, 0.3) is 6.08 Å². The lowest BCUT2D eigenvalue weighted by molar-refractivity contribution is -0.127. The molecule has 0 aromatic heterocycles. The van der Waals surface area contributed by atoms with E-state index in [1.165, 1.54) is 7.11 Å². The van der Waals surface area contributed by atoms with Crippen LogP contribution in [0.5, 0.6) is 11.5 Å². The number of ether oxygens (including phenoxy) is 2. The van der Waals surface area contributed by atoms with E-state index < -0.39 is 17.1 Å². The van der Waals surface area contributed by atoms with Crippen molar-refractivity contribution in [3.63, 3.8) is 0 Å². The predicted molar refractivity (Wildman–Crippen MR) is 149 cm³/mol. The smallest absolute Gasteiger partial charge is 0.294 e. The lowest BCUT2D eigenvalue weighted by atomic mass is 10.1. The number of carbonyl (C=O) groups is 3. The van der Waals surface area contributed by atoms with Crippen LogP contribution in [0, 0.1) is 6.92 Å². The minimum absolute atomic E-state index is 0.206. The van der Waals surface area contributed by atoms with E-state index in [1.807, 2.05) is 31.2 Å². The van der Waals surface area contributed by atoms with Crippen molar-refractivity contribution >= 4 is 68.1 Å². The molecule has 0 bridgehead atoms. The molecule has 1 N–H and O–H groups in total. The molecule has 3 amide bonds. The number of hydrogen-bond donors (Lipinski definition) is 1. The van der Waals surface area contributed by atoms with Crippen LogP contribution in [-0.2, 0) is 16.2 Å². The first kappa shape index (κ1) is 26.8. The molecular formula is C27H22BrClN2O5S. The molecule has 190 valence electrons. The second-order valence-electron chi connectivity index (χ2n) is 8.08. The third-order valence-corrected chi connectivity index (χ3v) is 7.19. The SMILES string of the molecule is COc1cc(/C=C2/SC(=O)N(CC(=O)Nc3ccccc3C)C2=O)cc(Br)c1OCc1ccc(Cl)cc1. The van der Waals surface area contributed by atoms with Crippen molar-refractivity contribution in [3.05, 3.63) is 91.8 Å². The first-order chi connectivity index (χ1) is 17.7. The molecule has 0 unspecified atom stereocenters. The summed E-state index contributed by atoms with van der Waals surface area (Å²) in [7, 11) is 1.52. The van der Waals surface area contributed by atoms with E-state index in [-0.39, 0.29) is 11.4 Å². The molecule has 0 radical (unpaired) electrons. The summed E-state index contributed by atoms with van der Waals surface area (Å²) in [6, 6.07) is 18.1. The van der Waals surface area contributed by atoms with Crippen molar-refractivity contribution in [1.29, 1.82) is 0 Å². The van der Waals surface area contributed by atoms with Crippen LogP contribution >= 0.6 is 39.3 Å². The van der Waals surface area contributed by atoms with E-state index in [1.54, 1.807) is 42.5 Å². The summed E-state index contributed by atoms with van der Waals surface area (Å²) >= 11 is 10.2. The van der Waals surface area contributed by atoms with Gasteiger partial charge in [-0.3, -0.25) is 19.3 Å². The number of hydrogen-bond acceptors (Lipinski definition) is 6. The maximum absolute atomic E-state index is 12.9. The van der Waals surface area contributed by atoms with Gasteiger partial charge in [0, 0.05) is 10.7 Å². The van der Waals surface area contributed by atoms with Gasteiger partial charge in [-0.05, 0) is 87.7 Å². The zero-order chi connectivity index (χ0) is 26.5. The standard InChI is InChI=1S/C27H22BrClN2O5S/c1-16-5-3-4-6-21(16)30-24(32)14-31-26(33)23(37-27(31)34)13-18-11-20(28)25(22(12-18)35-2)36-15-17-7-9-19(29)10-8-17/h3-13H,14-15H2,1-2H3,(H,30,32)/b23-13+. The quantitative estimate of drug-likeness (QED) is 0.290. The summed E-state index contributed by atoms with van der Waals surface area (Å²) in [5.41, 5.74) is 3.07. The fourth-order valence-electron chi connectivity index (χ4n) is 3.53. The Kier molecular flexibility index (Phi) is 8.58. The molecule has 7 nitrogen and oxygen atoms in total. The van der Waals surface area contributed by atoms with Crippen LogP contribution in [0.4, 0.5) is 10.5 Å². The van der Waals surface area contributed by atoms with Crippen LogP contribution in [-0.4, -0.2) is 35.6 Å². The average Bonchev–Trinajstić information content (AvgIpc) is 3.12. The highest BCUT2D eigenvalue weighted by Crippen LogP contribution is 2.39. The summed E-state index contributed by atoms with van der Waals surface area (Å²) in [6.07, 6.45) is 1.58. The first-order valence-electron chi connectivity index (χ1n) is 11.1. The second kappa shape index (κ2) is 11.9. The second-order valence-corrected chi connectivity index (χ2v) is 10.4. The molecular weight excluding hydrogens is 580 g/mol. The van der Waals surface area contributed by atoms with Gasteiger partial charge in [0.2, 0.25) is 5.91 Å². The van der Waals surface area contributed by atoms with Gasteiger partial charge in [-0.1, -0.05) is 41.9 Å². The van der Waals surface area contributed by atoms with Crippen LogP contribution < -0.4 is 14.8 Å². The molecule has 1 aliphatic rings.